The van der Waals surface area contributed by atoms with Gasteiger partial charge in [-0.3, -0.25) is 4.79 Å². The van der Waals surface area contributed by atoms with E-state index in [0.717, 1.165) is 4.90 Å². The summed E-state index contributed by atoms with van der Waals surface area (Å²) in [6, 6.07) is 4.54. The molecule has 2 N–H and O–H groups in total. The van der Waals surface area contributed by atoms with Crippen LogP contribution in [0.1, 0.15) is 48.7 Å². The lowest BCUT2D eigenvalue weighted by Gasteiger charge is -2.32. The number of ether oxygens (including phenoxy) is 1. The van der Waals surface area contributed by atoms with Gasteiger partial charge in [0, 0.05) is 31.6 Å². The van der Waals surface area contributed by atoms with Gasteiger partial charge in [-0.15, -0.1) is 0 Å². The van der Waals surface area contributed by atoms with E-state index < -0.39 is 36.8 Å². The number of carbonyl (C=O) groups is 2. The molecule has 41 heavy (non-hydrogen) atoms. The summed E-state index contributed by atoms with van der Waals surface area (Å²) in [7, 11) is 1.47. The number of oxazole rings is 1. The van der Waals surface area contributed by atoms with E-state index in [0.29, 0.717) is 28.1 Å². The Morgan fingerprint density at radius 3 is 2.59 bits per heavy atom. The molecule has 14 heteroatoms. The molecule has 1 saturated heterocycles. The molecule has 1 aliphatic heterocycles. The standard InChI is InChI=1S/C27H28F5N5O4/c1-40-22-5-3-15(12-33-22)11-21(38)36-23(17-6-8-26(28,29)9-7-17)24-34-18-10-16(2-4-19(18)41-24)13-37-14-20(27(30,31)32)35-25(37)39/h2-5,10,12,17,20,23H,6-9,11,13-14H2,1H3,(H,35,39)(H,36,38)/t20-,23-/m0/s1. The molecule has 3 aromatic rings. The monoisotopic (exact) mass is 581 g/mol. The van der Waals surface area contributed by atoms with Crippen LogP contribution < -0.4 is 15.4 Å². The van der Waals surface area contributed by atoms with Crippen LogP contribution >= 0.6 is 0 Å². The minimum absolute atomic E-state index is 0.0163. The number of methoxy groups -OCH3 is 1. The van der Waals surface area contributed by atoms with Crippen LogP contribution in [0.3, 0.4) is 0 Å². The number of hydrogen-bond donors (Lipinski definition) is 2. The highest BCUT2D eigenvalue weighted by molar-refractivity contribution is 5.79. The molecule has 0 unspecified atom stereocenters. The molecule has 220 valence electrons. The fraction of sp³-hybridized carbons (Fsp3) is 0.481. The maximum Gasteiger partial charge on any atom is 0.410 e. The average molecular weight is 582 g/mol. The number of nitrogens with zero attached hydrogens (tertiary/aromatic N) is 3. The molecule has 2 aromatic heterocycles. The van der Waals surface area contributed by atoms with Gasteiger partial charge in [-0.05, 0) is 42.0 Å². The van der Waals surface area contributed by atoms with Gasteiger partial charge in [-0.1, -0.05) is 12.1 Å². The van der Waals surface area contributed by atoms with Crippen molar-refractivity contribution < 1.29 is 40.7 Å². The molecule has 0 bridgehead atoms. The quantitative estimate of drug-likeness (QED) is 0.366. The number of carbonyl (C=O) groups excluding carboxylic acids is 2. The number of rotatable bonds is 8. The van der Waals surface area contributed by atoms with Crippen molar-refractivity contribution in [3.05, 3.63) is 53.5 Å². The van der Waals surface area contributed by atoms with Crippen molar-refractivity contribution in [1.82, 2.24) is 25.5 Å². The van der Waals surface area contributed by atoms with E-state index in [2.05, 4.69) is 15.3 Å². The van der Waals surface area contributed by atoms with Crippen LogP contribution in [-0.2, 0) is 17.8 Å². The third-order valence-corrected chi connectivity index (χ3v) is 7.41. The van der Waals surface area contributed by atoms with E-state index in [1.807, 2.05) is 5.32 Å². The molecule has 5 rings (SSSR count). The fourth-order valence-electron chi connectivity index (χ4n) is 5.18. The van der Waals surface area contributed by atoms with Crippen molar-refractivity contribution in [2.24, 2.45) is 5.92 Å². The summed E-state index contributed by atoms with van der Waals surface area (Å²) in [4.78, 5) is 34.7. The van der Waals surface area contributed by atoms with E-state index in [1.54, 1.807) is 30.3 Å². The summed E-state index contributed by atoms with van der Waals surface area (Å²) in [5, 5.41) is 4.83. The Kier molecular flexibility index (Phi) is 7.75. The predicted molar refractivity (Wildman–Crippen MR) is 135 cm³/mol. The van der Waals surface area contributed by atoms with E-state index in [4.69, 9.17) is 9.15 Å². The van der Waals surface area contributed by atoms with Crippen molar-refractivity contribution in [2.75, 3.05) is 13.7 Å². The van der Waals surface area contributed by atoms with Crippen molar-refractivity contribution in [3.63, 3.8) is 0 Å². The molecule has 9 nitrogen and oxygen atoms in total. The summed E-state index contributed by atoms with van der Waals surface area (Å²) in [5.41, 5.74) is 1.87. The molecular formula is C27H28F5N5O4. The first-order valence-corrected chi connectivity index (χ1v) is 13.1. The summed E-state index contributed by atoms with van der Waals surface area (Å²) < 4.78 is 77.9. The number of amides is 3. The Bertz CT molecular complexity index is 1400. The van der Waals surface area contributed by atoms with Crippen LogP contribution in [0, 0.1) is 5.92 Å². The van der Waals surface area contributed by atoms with E-state index in [-0.39, 0.29) is 56.4 Å². The molecule has 0 spiro atoms. The number of hydrogen-bond acceptors (Lipinski definition) is 6. The van der Waals surface area contributed by atoms with Gasteiger partial charge in [-0.25, -0.2) is 23.5 Å². The molecule has 2 atom stereocenters. The number of benzene rings is 1. The third-order valence-electron chi connectivity index (χ3n) is 7.41. The van der Waals surface area contributed by atoms with Crippen LogP contribution in [-0.4, -0.2) is 58.6 Å². The van der Waals surface area contributed by atoms with Gasteiger partial charge in [-0.2, -0.15) is 13.2 Å². The lowest BCUT2D eigenvalue weighted by Crippen LogP contribution is -2.40. The van der Waals surface area contributed by atoms with Crippen LogP contribution in [0.5, 0.6) is 5.88 Å². The normalized spacial score (nSPS) is 20.2. The van der Waals surface area contributed by atoms with Gasteiger partial charge >= 0.3 is 12.2 Å². The number of urea groups is 1. The number of halogens is 5. The second-order valence-electron chi connectivity index (χ2n) is 10.4. The largest absolute Gasteiger partial charge is 0.481 e. The Balaban J connectivity index is 1.34. The summed E-state index contributed by atoms with van der Waals surface area (Å²) in [6.07, 6.45) is -3.42. The Hall–Kier alpha value is -3.97. The lowest BCUT2D eigenvalue weighted by atomic mass is 9.82. The van der Waals surface area contributed by atoms with Crippen molar-refractivity contribution in [1.29, 1.82) is 0 Å². The third kappa shape index (κ3) is 6.68. The SMILES string of the molecule is COc1ccc(CC(=O)N[C@H](c2nc3cc(CN4C[C@@H](C(F)(F)F)NC4=O)ccc3o2)C2CCC(F)(F)CC2)cn1. The highest BCUT2D eigenvalue weighted by Gasteiger charge is 2.46. The number of aromatic nitrogens is 2. The molecule has 3 amide bonds. The number of nitrogens with one attached hydrogen (secondary N) is 2. The molecule has 1 aromatic carbocycles. The van der Waals surface area contributed by atoms with E-state index in [9.17, 15) is 31.5 Å². The Morgan fingerprint density at radius 2 is 1.95 bits per heavy atom. The van der Waals surface area contributed by atoms with Crippen molar-refractivity contribution >= 4 is 23.0 Å². The lowest BCUT2D eigenvalue weighted by molar-refractivity contribution is -0.149. The summed E-state index contributed by atoms with van der Waals surface area (Å²) in [5.74, 6) is -2.96. The minimum atomic E-state index is -4.55. The highest BCUT2D eigenvalue weighted by Crippen LogP contribution is 2.42. The first-order valence-electron chi connectivity index (χ1n) is 13.1. The molecular weight excluding hydrogens is 553 g/mol. The number of fused-ring (bicyclic) bond motifs is 1. The van der Waals surface area contributed by atoms with Gasteiger partial charge in [0.2, 0.25) is 23.6 Å². The van der Waals surface area contributed by atoms with Crippen LogP contribution in [0.15, 0.2) is 40.9 Å². The Labute approximate surface area is 231 Å². The van der Waals surface area contributed by atoms with Crippen molar-refractivity contribution in [2.45, 2.75) is 62.8 Å². The maximum absolute atomic E-state index is 13.9. The predicted octanol–water partition coefficient (Wildman–Crippen LogP) is 4.91. The molecule has 1 aliphatic carbocycles. The van der Waals surface area contributed by atoms with Crippen LogP contribution in [0.4, 0.5) is 26.7 Å². The van der Waals surface area contributed by atoms with Crippen LogP contribution in [0.25, 0.3) is 11.1 Å². The van der Waals surface area contributed by atoms with Gasteiger partial charge < -0.3 is 24.7 Å². The molecule has 1 saturated carbocycles. The van der Waals surface area contributed by atoms with Gasteiger partial charge in [0.25, 0.3) is 0 Å². The zero-order valence-corrected chi connectivity index (χ0v) is 22.0. The van der Waals surface area contributed by atoms with Crippen molar-refractivity contribution in [3.8, 4) is 5.88 Å². The van der Waals surface area contributed by atoms with Crippen LogP contribution in [0.2, 0.25) is 0 Å². The summed E-state index contributed by atoms with van der Waals surface area (Å²) >= 11 is 0. The zero-order chi connectivity index (χ0) is 29.4. The zero-order valence-electron chi connectivity index (χ0n) is 22.0. The topological polar surface area (TPSA) is 110 Å². The summed E-state index contributed by atoms with van der Waals surface area (Å²) in [6.45, 7) is -0.598. The minimum Gasteiger partial charge on any atom is -0.481 e. The first kappa shape index (κ1) is 28.6. The second kappa shape index (κ2) is 11.1. The molecule has 0 radical (unpaired) electrons. The Morgan fingerprint density at radius 1 is 1.22 bits per heavy atom. The molecule has 2 aliphatic rings. The first-order chi connectivity index (χ1) is 19.4. The fourth-order valence-corrected chi connectivity index (χ4v) is 5.18. The molecule has 3 heterocycles. The number of pyridine rings is 1. The van der Waals surface area contributed by atoms with Gasteiger partial charge in [0.05, 0.1) is 20.1 Å². The van der Waals surface area contributed by atoms with Gasteiger partial charge in [0.1, 0.15) is 17.6 Å². The highest BCUT2D eigenvalue weighted by atomic mass is 19.4. The smallest absolute Gasteiger partial charge is 0.410 e. The molecule has 2 fully saturated rings. The maximum atomic E-state index is 13.9. The van der Waals surface area contributed by atoms with E-state index in [1.165, 1.54) is 13.3 Å². The van der Waals surface area contributed by atoms with E-state index >= 15 is 0 Å². The average Bonchev–Trinajstić information content (AvgIpc) is 3.51. The number of alkyl halides is 5. The van der Waals surface area contributed by atoms with Gasteiger partial charge in [0.15, 0.2) is 5.58 Å². The second-order valence-corrected chi connectivity index (χ2v) is 10.4.